The number of nitrogens with one attached hydrogen (secondary N) is 1. The number of unbranched alkanes of at least 4 members (excludes halogenated alkanes) is 1. The third-order valence-electron chi connectivity index (χ3n) is 2.73. The third-order valence-corrected chi connectivity index (χ3v) is 6.03. The van der Waals surface area contributed by atoms with Gasteiger partial charge in [0.1, 0.15) is 11.0 Å². The van der Waals surface area contributed by atoms with Gasteiger partial charge in [0.2, 0.25) is 0 Å². The highest BCUT2D eigenvalue weighted by Crippen LogP contribution is 2.39. The highest BCUT2D eigenvalue weighted by atomic mass is 33.1. The Bertz CT molecular complexity index is 310. The van der Waals surface area contributed by atoms with Crippen LogP contribution in [-0.2, 0) is 9.53 Å². The standard InChI is InChI=1S/C11H20N2O3S3/c1-13(7-9-18-19-13)6-3-2-4-10(14)16-11(15)12-5-8-17/h2-9H2,1H3,(H-,12,15,17)/p+1. The molecule has 1 heterocycles. The molecule has 0 saturated carbocycles. The Morgan fingerprint density at radius 1 is 1.42 bits per heavy atom. The van der Waals surface area contributed by atoms with Crippen molar-refractivity contribution >= 4 is 46.5 Å². The van der Waals surface area contributed by atoms with Crippen LogP contribution < -0.4 is 5.32 Å². The molecule has 8 heteroatoms. The van der Waals surface area contributed by atoms with Crippen molar-refractivity contribution in [2.24, 2.45) is 0 Å². The van der Waals surface area contributed by atoms with Crippen LogP contribution in [0.25, 0.3) is 0 Å². The number of thiol groups is 1. The fourth-order valence-electron chi connectivity index (χ4n) is 1.65. The topological polar surface area (TPSA) is 55.4 Å². The number of hydrogen-bond donors (Lipinski definition) is 2. The summed E-state index contributed by atoms with van der Waals surface area (Å²) in [6.45, 7) is 2.63. The van der Waals surface area contributed by atoms with Crippen LogP contribution in [0, 0.1) is 0 Å². The van der Waals surface area contributed by atoms with Crippen molar-refractivity contribution in [1.29, 1.82) is 0 Å². The molecule has 1 aliphatic rings. The molecule has 0 spiro atoms. The maximum absolute atomic E-state index is 11.4. The first kappa shape index (κ1) is 17.0. The molecule has 1 rings (SSSR count). The minimum absolute atomic E-state index is 0.298. The number of alkyl carbamates (subject to hydrolysis) is 1. The summed E-state index contributed by atoms with van der Waals surface area (Å²) in [7, 11) is 6.01. The molecule has 1 amide bonds. The Morgan fingerprint density at radius 3 is 2.84 bits per heavy atom. The number of rotatable bonds is 7. The average molecular weight is 326 g/mol. The summed E-state index contributed by atoms with van der Waals surface area (Å²) < 4.78 is 5.61. The van der Waals surface area contributed by atoms with Crippen LogP contribution in [0.5, 0.6) is 0 Å². The van der Waals surface area contributed by atoms with E-state index in [1.165, 1.54) is 12.3 Å². The lowest BCUT2D eigenvalue weighted by atomic mass is 10.2. The summed E-state index contributed by atoms with van der Waals surface area (Å²) >= 11 is 3.94. The summed E-state index contributed by atoms with van der Waals surface area (Å²) in [6, 6.07) is 0. The van der Waals surface area contributed by atoms with Gasteiger partial charge in [0, 0.05) is 18.7 Å². The first-order valence-electron chi connectivity index (χ1n) is 6.31. The molecular weight excluding hydrogens is 304 g/mol. The molecule has 0 aliphatic carbocycles. The maximum atomic E-state index is 11.4. The average Bonchev–Trinajstić information content (AvgIpc) is 2.79. The van der Waals surface area contributed by atoms with Crippen molar-refractivity contribution in [2.45, 2.75) is 19.3 Å². The molecule has 1 N–H and O–H groups in total. The van der Waals surface area contributed by atoms with E-state index in [-0.39, 0.29) is 0 Å². The second-order valence-corrected chi connectivity index (χ2v) is 7.79. The van der Waals surface area contributed by atoms with Gasteiger partial charge in [-0.15, -0.1) is 0 Å². The highest BCUT2D eigenvalue weighted by Gasteiger charge is 2.29. The minimum Gasteiger partial charge on any atom is -0.376 e. The van der Waals surface area contributed by atoms with Crippen LogP contribution in [0.1, 0.15) is 19.3 Å². The predicted molar refractivity (Wildman–Crippen MR) is 83.2 cm³/mol. The van der Waals surface area contributed by atoms with Gasteiger partial charge < -0.3 is 10.1 Å². The van der Waals surface area contributed by atoms with E-state index >= 15 is 0 Å². The fraction of sp³-hybridized carbons (Fsp3) is 0.818. The number of amides is 1. The Hall–Kier alpha value is -0.0500. The quantitative estimate of drug-likeness (QED) is 0.143. The normalized spacial score (nSPS) is 22.2. The molecule has 1 unspecified atom stereocenters. The molecule has 0 aromatic carbocycles. The van der Waals surface area contributed by atoms with E-state index in [1.807, 2.05) is 21.8 Å². The maximum Gasteiger partial charge on any atom is 0.414 e. The van der Waals surface area contributed by atoms with Crippen LogP contribution >= 0.6 is 34.4 Å². The van der Waals surface area contributed by atoms with Crippen molar-refractivity contribution in [3.63, 3.8) is 0 Å². The van der Waals surface area contributed by atoms with E-state index in [0.29, 0.717) is 18.7 Å². The van der Waals surface area contributed by atoms with E-state index in [1.54, 1.807) is 0 Å². The van der Waals surface area contributed by atoms with Gasteiger partial charge in [0.25, 0.3) is 0 Å². The zero-order chi connectivity index (χ0) is 14.1. The Labute approximate surface area is 127 Å². The zero-order valence-corrected chi connectivity index (χ0v) is 13.6. The minimum atomic E-state index is -0.676. The molecule has 1 atom stereocenters. The first-order valence-corrected chi connectivity index (χ1v) is 9.22. The number of nitrogens with zero attached hydrogens (tertiary/aromatic N) is 1. The van der Waals surface area contributed by atoms with Gasteiger partial charge in [0.15, 0.2) is 0 Å². The summed E-state index contributed by atoms with van der Waals surface area (Å²) in [6.07, 6.45) is 1.35. The summed E-state index contributed by atoms with van der Waals surface area (Å²) in [4.78, 5) is 22.5. The summed E-state index contributed by atoms with van der Waals surface area (Å²) in [5.74, 6) is 1.26. The Kier molecular flexibility index (Phi) is 8.05. The number of carbonyl (C=O) groups is 2. The second-order valence-electron chi connectivity index (χ2n) is 4.51. The fourth-order valence-corrected chi connectivity index (χ4v) is 4.71. The van der Waals surface area contributed by atoms with Gasteiger partial charge in [-0.25, -0.2) is 4.79 Å². The number of quaternary nitrogens is 1. The van der Waals surface area contributed by atoms with Gasteiger partial charge in [-0.05, 0) is 23.6 Å². The lowest BCUT2D eigenvalue weighted by Crippen LogP contribution is -2.35. The summed E-state index contributed by atoms with van der Waals surface area (Å²) in [5, 5.41) is 2.44. The van der Waals surface area contributed by atoms with Gasteiger partial charge in [0.05, 0.1) is 25.9 Å². The number of esters is 1. The summed E-state index contributed by atoms with van der Waals surface area (Å²) in [5.41, 5.74) is 0. The van der Waals surface area contributed by atoms with E-state index in [4.69, 9.17) is 0 Å². The van der Waals surface area contributed by atoms with Crippen molar-refractivity contribution in [1.82, 2.24) is 5.32 Å². The number of ether oxygens (including phenoxy) is 1. The molecular formula is C11H21N2O3S3+. The van der Waals surface area contributed by atoms with Gasteiger partial charge in [-0.1, -0.05) is 0 Å². The zero-order valence-electron chi connectivity index (χ0n) is 11.1. The molecule has 0 radical (unpaired) electrons. The largest absolute Gasteiger partial charge is 0.414 e. The van der Waals surface area contributed by atoms with E-state index in [2.05, 4.69) is 29.7 Å². The van der Waals surface area contributed by atoms with Crippen LogP contribution in [0.4, 0.5) is 4.79 Å². The molecule has 110 valence electrons. The third kappa shape index (κ3) is 7.34. The second kappa shape index (κ2) is 8.99. The number of carbonyl (C=O) groups excluding carboxylic acids is 2. The van der Waals surface area contributed by atoms with E-state index < -0.39 is 12.1 Å². The monoisotopic (exact) mass is 325 g/mol. The molecule has 1 saturated heterocycles. The Balaban J connectivity index is 2.05. The van der Waals surface area contributed by atoms with Crippen molar-refractivity contribution < 1.29 is 18.2 Å². The van der Waals surface area contributed by atoms with Crippen LogP contribution in [0.15, 0.2) is 0 Å². The van der Waals surface area contributed by atoms with Gasteiger partial charge in [-0.3, -0.25) is 8.68 Å². The molecule has 1 aliphatic heterocycles. The van der Waals surface area contributed by atoms with Crippen LogP contribution in [-0.4, -0.2) is 54.1 Å². The van der Waals surface area contributed by atoms with Crippen molar-refractivity contribution in [2.75, 3.05) is 38.2 Å². The lowest BCUT2D eigenvalue weighted by Gasteiger charge is -2.24. The lowest BCUT2D eigenvalue weighted by molar-refractivity contribution is -0.766. The van der Waals surface area contributed by atoms with E-state index in [9.17, 15) is 9.59 Å². The molecule has 5 nitrogen and oxygen atoms in total. The van der Waals surface area contributed by atoms with Gasteiger partial charge in [-0.2, -0.15) is 12.6 Å². The van der Waals surface area contributed by atoms with Gasteiger partial charge >= 0.3 is 12.1 Å². The van der Waals surface area contributed by atoms with Crippen LogP contribution in [0.3, 0.4) is 0 Å². The molecule has 0 aromatic rings. The van der Waals surface area contributed by atoms with Crippen molar-refractivity contribution in [3.05, 3.63) is 0 Å². The highest BCUT2D eigenvalue weighted by molar-refractivity contribution is 8.74. The SMILES string of the molecule is C[N+]1(CCCCC(=O)OC(=O)NCCS)CCSS1. The Morgan fingerprint density at radius 2 is 2.21 bits per heavy atom. The molecule has 0 aromatic heterocycles. The predicted octanol–water partition coefficient (Wildman–Crippen LogP) is 2.10. The molecule has 19 heavy (non-hydrogen) atoms. The van der Waals surface area contributed by atoms with Crippen LogP contribution in [0.2, 0.25) is 0 Å². The van der Waals surface area contributed by atoms with Crippen molar-refractivity contribution in [3.8, 4) is 0 Å². The molecule has 1 fully saturated rings. The van der Waals surface area contributed by atoms with E-state index in [0.717, 1.165) is 23.3 Å². The first-order chi connectivity index (χ1) is 9.06. The smallest absolute Gasteiger partial charge is 0.376 e. The number of hydrogen-bond acceptors (Lipinski definition) is 6. The molecule has 0 bridgehead atoms.